The first kappa shape index (κ1) is 13.3. The predicted octanol–water partition coefficient (Wildman–Crippen LogP) is 2.87. The Labute approximate surface area is 113 Å². The van der Waals surface area contributed by atoms with Crippen molar-refractivity contribution >= 4 is 11.8 Å². The Bertz CT molecular complexity index is 500. The molecule has 19 heavy (non-hydrogen) atoms. The van der Waals surface area contributed by atoms with Gasteiger partial charge in [-0.2, -0.15) is 4.98 Å². The van der Waals surface area contributed by atoms with Crippen LogP contribution in [0.25, 0.3) is 0 Å². The maximum absolute atomic E-state index is 4.41. The Kier molecular flexibility index (Phi) is 4.66. The number of nitrogens with one attached hydrogen (secondary N) is 2. The van der Waals surface area contributed by atoms with Crippen LogP contribution >= 0.6 is 0 Å². The van der Waals surface area contributed by atoms with Gasteiger partial charge in [-0.05, 0) is 31.5 Å². The molecule has 1 unspecified atom stereocenters. The smallest absolute Gasteiger partial charge is 0.224 e. The molecule has 0 fully saturated rings. The van der Waals surface area contributed by atoms with E-state index in [4.69, 9.17) is 0 Å². The number of nitrogens with zero attached hydrogens (tertiary/aromatic N) is 3. The summed E-state index contributed by atoms with van der Waals surface area (Å²) in [5.74, 6) is 1.45. The summed E-state index contributed by atoms with van der Waals surface area (Å²) in [4.78, 5) is 12.9. The molecule has 0 saturated heterocycles. The zero-order chi connectivity index (χ0) is 13.5. The fourth-order valence-electron chi connectivity index (χ4n) is 1.69. The van der Waals surface area contributed by atoms with Crippen LogP contribution in [0.15, 0.2) is 36.7 Å². The highest BCUT2D eigenvalue weighted by Crippen LogP contribution is 2.15. The van der Waals surface area contributed by atoms with Crippen LogP contribution in [0, 0.1) is 0 Å². The van der Waals surface area contributed by atoms with Crippen molar-refractivity contribution in [1.29, 1.82) is 0 Å². The van der Waals surface area contributed by atoms with Gasteiger partial charge >= 0.3 is 0 Å². The van der Waals surface area contributed by atoms with Crippen LogP contribution in [-0.4, -0.2) is 21.5 Å². The number of anilines is 2. The van der Waals surface area contributed by atoms with Crippen LogP contribution in [0.1, 0.15) is 32.0 Å². The summed E-state index contributed by atoms with van der Waals surface area (Å²) in [6.07, 6.45) is 4.59. The molecule has 0 radical (unpaired) electrons. The number of hydrogen-bond acceptors (Lipinski definition) is 5. The van der Waals surface area contributed by atoms with Crippen molar-refractivity contribution in [1.82, 2.24) is 15.0 Å². The van der Waals surface area contributed by atoms with Crippen molar-refractivity contribution in [3.8, 4) is 0 Å². The first-order valence-corrected chi connectivity index (χ1v) is 6.54. The summed E-state index contributed by atoms with van der Waals surface area (Å²) in [5.41, 5.74) is 0.990. The Morgan fingerprint density at radius 3 is 2.79 bits per heavy atom. The fourth-order valence-corrected chi connectivity index (χ4v) is 1.69. The Morgan fingerprint density at radius 2 is 2.05 bits per heavy atom. The van der Waals surface area contributed by atoms with Gasteiger partial charge in [0.15, 0.2) is 0 Å². The molecule has 0 saturated carbocycles. The minimum atomic E-state index is 0.107. The number of hydrogen-bond donors (Lipinski definition) is 2. The highest BCUT2D eigenvalue weighted by Gasteiger charge is 2.07. The van der Waals surface area contributed by atoms with Crippen LogP contribution in [0.5, 0.6) is 0 Å². The molecule has 2 aromatic rings. The standard InChI is InChI=1S/C14H19N5/c1-3-8-16-14-17-10-7-13(19-14)18-11(2)12-6-4-5-9-15-12/h4-7,9-11H,3,8H2,1-2H3,(H2,16,17,18,19). The number of pyridine rings is 1. The molecule has 0 aliphatic rings. The molecule has 2 aromatic heterocycles. The second-order valence-electron chi connectivity index (χ2n) is 4.31. The van der Waals surface area contributed by atoms with Crippen molar-refractivity contribution in [2.75, 3.05) is 17.2 Å². The van der Waals surface area contributed by atoms with Gasteiger partial charge in [0.1, 0.15) is 5.82 Å². The topological polar surface area (TPSA) is 62.7 Å². The normalized spacial score (nSPS) is 11.9. The fraction of sp³-hybridized carbons (Fsp3) is 0.357. The molecule has 5 nitrogen and oxygen atoms in total. The second-order valence-corrected chi connectivity index (χ2v) is 4.31. The molecule has 5 heteroatoms. The molecule has 1 atom stereocenters. The molecule has 2 N–H and O–H groups in total. The van der Waals surface area contributed by atoms with E-state index < -0.39 is 0 Å². The minimum Gasteiger partial charge on any atom is -0.362 e. The Balaban J connectivity index is 2.02. The van der Waals surface area contributed by atoms with E-state index in [9.17, 15) is 0 Å². The highest BCUT2D eigenvalue weighted by molar-refractivity contribution is 5.41. The Hall–Kier alpha value is -2.17. The quantitative estimate of drug-likeness (QED) is 0.833. The van der Waals surface area contributed by atoms with Gasteiger partial charge in [0.25, 0.3) is 0 Å². The van der Waals surface area contributed by atoms with Crippen molar-refractivity contribution in [3.63, 3.8) is 0 Å². The minimum absolute atomic E-state index is 0.107. The molecule has 0 bridgehead atoms. The van der Waals surface area contributed by atoms with Gasteiger partial charge < -0.3 is 10.6 Å². The van der Waals surface area contributed by atoms with E-state index in [2.05, 4.69) is 39.4 Å². The average Bonchev–Trinajstić information content (AvgIpc) is 2.46. The lowest BCUT2D eigenvalue weighted by Crippen LogP contribution is -2.11. The summed E-state index contributed by atoms with van der Waals surface area (Å²) in [6.45, 7) is 5.04. The van der Waals surface area contributed by atoms with Crippen molar-refractivity contribution in [2.45, 2.75) is 26.3 Å². The lowest BCUT2D eigenvalue weighted by Gasteiger charge is -2.14. The lowest BCUT2D eigenvalue weighted by molar-refractivity contribution is 0.829. The van der Waals surface area contributed by atoms with Gasteiger partial charge in [0.05, 0.1) is 11.7 Å². The third kappa shape index (κ3) is 3.91. The molecule has 0 aliphatic heterocycles. The van der Waals surface area contributed by atoms with Crippen LogP contribution in [0.3, 0.4) is 0 Å². The van der Waals surface area contributed by atoms with Crippen molar-refractivity contribution in [2.24, 2.45) is 0 Å². The molecule has 0 amide bonds. The Morgan fingerprint density at radius 1 is 1.16 bits per heavy atom. The lowest BCUT2D eigenvalue weighted by atomic mass is 10.2. The van der Waals surface area contributed by atoms with E-state index in [1.807, 2.05) is 24.3 Å². The SMILES string of the molecule is CCCNc1nccc(NC(C)c2ccccn2)n1. The zero-order valence-corrected chi connectivity index (χ0v) is 11.3. The molecule has 100 valence electrons. The van der Waals surface area contributed by atoms with Gasteiger partial charge in [-0.25, -0.2) is 4.98 Å². The van der Waals surface area contributed by atoms with E-state index in [1.165, 1.54) is 0 Å². The number of rotatable bonds is 6. The van der Waals surface area contributed by atoms with E-state index >= 15 is 0 Å². The monoisotopic (exact) mass is 257 g/mol. The first-order chi connectivity index (χ1) is 9.29. The van der Waals surface area contributed by atoms with Crippen molar-refractivity contribution < 1.29 is 0 Å². The third-order valence-electron chi connectivity index (χ3n) is 2.68. The second kappa shape index (κ2) is 6.68. The summed E-state index contributed by atoms with van der Waals surface area (Å²) in [7, 11) is 0. The maximum Gasteiger partial charge on any atom is 0.224 e. The van der Waals surface area contributed by atoms with Crippen LogP contribution in [0.2, 0.25) is 0 Å². The summed E-state index contributed by atoms with van der Waals surface area (Å²) in [5, 5.41) is 6.49. The zero-order valence-electron chi connectivity index (χ0n) is 11.3. The molecule has 2 rings (SSSR count). The van der Waals surface area contributed by atoms with Gasteiger partial charge in [-0.15, -0.1) is 0 Å². The van der Waals surface area contributed by atoms with Crippen molar-refractivity contribution in [3.05, 3.63) is 42.4 Å². The van der Waals surface area contributed by atoms with Gasteiger partial charge in [0.2, 0.25) is 5.95 Å². The van der Waals surface area contributed by atoms with Gasteiger partial charge in [-0.1, -0.05) is 13.0 Å². The molecule has 0 spiro atoms. The summed E-state index contributed by atoms with van der Waals surface area (Å²) in [6, 6.07) is 7.85. The molecule has 0 aliphatic carbocycles. The maximum atomic E-state index is 4.41. The summed E-state index contributed by atoms with van der Waals surface area (Å²) < 4.78 is 0. The van der Waals surface area contributed by atoms with E-state index in [1.54, 1.807) is 12.4 Å². The predicted molar refractivity (Wildman–Crippen MR) is 77.1 cm³/mol. The third-order valence-corrected chi connectivity index (χ3v) is 2.68. The molecule has 2 heterocycles. The van der Waals surface area contributed by atoms with E-state index in [0.29, 0.717) is 5.95 Å². The first-order valence-electron chi connectivity index (χ1n) is 6.54. The highest BCUT2D eigenvalue weighted by atomic mass is 15.1. The van der Waals surface area contributed by atoms with Gasteiger partial charge in [-0.3, -0.25) is 4.98 Å². The van der Waals surface area contributed by atoms with Crippen LogP contribution < -0.4 is 10.6 Å². The molecular formula is C14H19N5. The molecule has 0 aromatic carbocycles. The van der Waals surface area contributed by atoms with Crippen LogP contribution in [0.4, 0.5) is 11.8 Å². The average molecular weight is 257 g/mol. The summed E-state index contributed by atoms with van der Waals surface area (Å²) >= 11 is 0. The van der Waals surface area contributed by atoms with E-state index in [0.717, 1.165) is 24.5 Å². The largest absolute Gasteiger partial charge is 0.362 e. The van der Waals surface area contributed by atoms with Crippen LogP contribution in [-0.2, 0) is 0 Å². The number of aromatic nitrogens is 3. The molecular weight excluding hydrogens is 238 g/mol. The van der Waals surface area contributed by atoms with E-state index in [-0.39, 0.29) is 6.04 Å². The van der Waals surface area contributed by atoms with Gasteiger partial charge in [0, 0.05) is 18.9 Å².